The number of carbonyl (C=O) groups is 1. The lowest BCUT2D eigenvalue weighted by atomic mass is 10.1. The quantitative estimate of drug-likeness (QED) is 0.816. The SMILES string of the molecule is C[C@H](Sc1ccccc1)C(=O)Nc1ccccc1C(F)(F)F. The lowest BCUT2D eigenvalue weighted by Crippen LogP contribution is -2.24. The maximum absolute atomic E-state index is 12.9. The lowest BCUT2D eigenvalue weighted by Gasteiger charge is -2.16. The van der Waals surface area contributed by atoms with Crippen LogP contribution in [0.5, 0.6) is 0 Å². The molecule has 2 aromatic carbocycles. The first-order valence-electron chi connectivity index (χ1n) is 6.56. The van der Waals surface area contributed by atoms with Gasteiger partial charge in [0.15, 0.2) is 0 Å². The second kappa shape index (κ2) is 6.87. The Hall–Kier alpha value is -1.95. The minimum Gasteiger partial charge on any atom is -0.325 e. The first-order chi connectivity index (χ1) is 10.4. The Morgan fingerprint density at radius 1 is 1.05 bits per heavy atom. The molecule has 0 aromatic heterocycles. The van der Waals surface area contributed by atoms with Gasteiger partial charge in [-0.1, -0.05) is 30.3 Å². The third-order valence-corrected chi connectivity index (χ3v) is 4.03. The maximum Gasteiger partial charge on any atom is 0.418 e. The Balaban J connectivity index is 2.09. The Morgan fingerprint density at radius 2 is 1.64 bits per heavy atom. The summed E-state index contributed by atoms with van der Waals surface area (Å²) in [6.07, 6.45) is -4.50. The lowest BCUT2D eigenvalue weighted by molar-refractivity contribution is -0.137. The molecule has 0 spiro atoms. The standard InChI is InChI=1S/C16H14F3NOS/c1-11(22-12-7-3-2-4-8-12)15(21)20-14-10-6-5-9-13(14)16(17,18)19/h2-11H,1H3,(H,20,21)/t11-/m0/s1. The second-order valence-electron chi connectivity index (χ2n) is 4.61. The van der Waals surface area contributed by atoms with Crippen LogP contribution in [0.2, 0.25) is 0 Å². The molecule has 0 saturated carbocycles. The molecular weight excluding hydrogens is 311 g/mol. The van der Waals surface area contributed by atoms with Crippen LogP contribution in [0.4, 0.5) is 18.9 Å². The number of hydrogen-bond acceptors (Lipinski definition) is 2. The first-order valence-corrected chi connectivity index (χ1v) is 7.44. The highest BCUT2D eigenvalue weighted by atomic mass is 32.2. The number of hydrogen-bond donors (Lipinski definition) is 1. The van der Waals surface area contributed by atoms with Crippen LogP contribution in [0.15, 0.2) is 59.5 Å². The maximum atomic E-state index is 12.9. The summed E-state index contributed by atoms with van der Waals surface area (Å²) in [6.45, 7) is 1.66. The van der Waals surface area contributed by atoms with Crippen molar-refractivity contribution in [3.63, 3.8) is 0 Å². The number of para-hydroxylation sites is 1. The van der Waals surface area contributed by atoms with Gasteiger partial charge in [-0.2, -0.15) is 13.2 Å². The fraction of sp³-hybridized carbons (Fsp3) is 0.188. The molecule has 2 aromatic rings. The van der Waals surface area contributed by atoms with E-state index in [1.165, 1.54) is 30.0 Å². The van der Waals surface area contributed by atoms with Crippen molar-refractivity contribution in [3.8, 4) is 0 Å². The number of halogens is 3. The fourth-order valence-corrected chi connectivity index (χ4v) is 2.72. The van der Waals surface area contributed by atoms with Gasteiger partial charge >= 0.3 is 6.18 Å². The molecular formula is C16H14F3NOS. The molecule has 0 fully saturated rings. The summed E-state index contributed by atoms with van der Waals surface area (Å²) in [7, 11) is 0. The Morgan fingerprint density at radius 3 is 2.27 bits per heavy atom. The van der Waals surface area contributed by atoms with E-state index < -0.39 is 22.9 Å². The van der Waals surface area contributed by atoms with Crippen LogP contribution in [0.25, 0.3) is 0 Å². The average molecular weight is 325 g/mol. The van der Waals surface area contributed by atoms with Crippen LogP contribution in [0.1, 0.15) is 12.5 Å². The molecule has 0 unspecified atom stereocenters. The molecule has 0 aliphatic heterocycles. The first kappa shape index (κ1) is 16.4. The van der Waals surface area contributed by atoms with Crippen LogP contribution in [0.3, 0.4) is 0 Å². The molecule has 0 bridgehead atoms. The average Bonchev–Trinajstić information content (AvgIpc) is 2.47. The largest absolute Gasteiger partial charge is 0.418 e. The van der Waals surface area contributed by atoms with E-state index in [1.54, 1.807) is 6.92 Å². The van der Waals surface area contributed by atoms with Crippen molar-refractivity contribution < 1.29 is 18.0 Å². The molecule has 0 aliphatic carbocycles. The highest BCUT2D eigenvalue weighted by molar-refractivity contribution is 8.00. The normalized spacial score (nSPS) is 12.7. The van der Waals surface area contributed by atoms with E-state index in [0.29, 0.717) is 0 Å². The summed E-state index contributed by atoms with van der Waals surface area (Å²) >= 11 is 1.29. The number of alkyl halides is 3. The Kier molecular flexibility index (Phi) is 5.13. The number of carbonyl (C=O) groups excluding carboxylic acids is 1. The molecule has 2 nitrogen and oxygen atoms in total. The van der Waals surface area contributed by atoms with Gasteiger partial charge in [0.2, 0.25) is 5.91 Å². The molecule has 0 heterocycles. The second-order valence-corrected chi connectivity index (χ2v) is 6.02. The zero-order valence-corrected chi connectivity index (χ0v) is 12.5. The van der Waals surface area contributed by atoms with Gasteiger partial charge in [-0.25, -0.2) is 0 Å². The molecule has 116 valence electrons. The van der Waals surface area contributed by atoms with Crippen LogP contribution >= 0.6 is 11.8 Å². The number of amides is 1. The predicted molar refractivity (Wildman–Crippen MR) is 81.8 cm³/mol. The van der Waals surface area contributed by atoms with Crippen LogP contribution in [-0.2, 0) is 11.0 Å². The van der Waals surface area contributed by atoms with Crippen LogP contribution in [-0.4, -0.2) is 11.2 Å². The highest BCUT2D eigenvalue weighted by Gasteiger charge is 2.33. The van der Waals surface area contributed by atoms with E-state index >= 15 is 0 Å². The van der Waals surface area contributed by atoms with Gasteiger partial charge in [-0.15, -0.1) is 11.8 Å². The minimum atomic E-state index is -4.50. The minimum absolute atomic E-state index is 0.222. The fourth-order valence-electron chi connectivity index (χ4n) is 1.83. The smallest absolute Gasteiger partial charge is 0.325 e. The van der Waals surface area contributed by atoms with Gasteiger partial charge in [0.1, 0.15) is 0 Å². The summed E-state index contributed by atoms with van der Waals surface area (Å²) in [4.78, 5) is 13.0. The number of thioether (sulfide) groups is 1. The van der Waals surface area contributed by atoms with Crippen molar-refractivity contribution in [1.82, 2.24) is 0 Å². The molecule has 0 aliphatic rings. The topological polar surface area (TPSA) is 29.1 Å². The van der Waals surface area contributed by atoms with E-state index in [2.05, 4.69) is 5.32 Å². The summed E-state index contributed by atoms with van der Waals surface area (Å²) in [6, 6.07) is 14.2. The van der Waals surface area contributed by atoms with Gasteiger partial charge < -0.3 is 5.32 Å². The van der Waals surface area contributed by atoms with Gasteiger partial charge in [0.25, 0.3) is 0 Å². The molecule has 0 saturated heterocycles. The zero-order valence-electron chi connectivity index (χ0n) is 11.7. The van der Waals surface area contributed by atoms with Gasteiger partial charge in [-0.05, 0) is 31.2 Å². The third-order valence-electron chi connectivity index (χ3n) is 2.92. The van der Waals surface area contributed by atoms with E-state index in [4.69, 9.17) is 0 Å². The monoisotopic (exact) mass is 325 g/mol. The Labute approximate surface area is 130 Å². The molecule has 1 N–H and O–H groups in total. The number of anilines is 1. The number of rotatable bonds is 4. The third kappa shape index (κ3) is 4.27. The van der Waals surface area contributed by atoms with Crippen LogP contribution < -0.4 is 5.32 Å². The van der Waals surface area contributed by atoms with Crippen molar-refractivity contribution in [1.29, 1.82) is 0 Å². The van der Waals surface area contributed by atoms with Gasteiger partial charge in [0.05, 0.1) is 16.5 Å². The van der Waals surface area contributed by atoms with Crippen LogP contribution in [0, 0.1) is 0 Å². The van der Waals surface area contributed by atoms with E-state index in [9.17, 15) is 18.0 Å². The van der Waals surface area contributed by atoms with Crippen molar-refractivity contribution in [2.75, 3.05) is 5.32 Å². The van der Waals surface area contributed by atoms with Crippen molar-refractivity contribution in [2.45, 2.75) is 23.2 Å². The van der Waals surface area contributed by atoms with Crippen molar-refractivity contribution in [2.24, 2.45) is 0 Å². The van der Waals surface area contributed by atoms with E-state index in [-0.39, 0.29) is 5.69 Å². The number of nitrogens with one attached hydrogen (secondary N) is 1. The molecule has 1 atom stereocenters. The summed E-state index contributed by atoms with van der Waals surface area (Å²) in [5.41, 5.74) is -1.07. The molecule has 0 radical (unpaired) electrons. The molecule has 1 amide bonds. The summed E-state index contributed by atoms with van der Waals surface area (Å²) in [5, 5.41) is 1.85. The van der Waals surface area contributed by atoms with Gasteiger partial charge in [0, 0.05) is 4.90 Å². The number of benzene rings is 2. The summed E-state index contributed by atoms with van der Waals surface area (Å²) < 4.78 is 38.7. The molecule has 2 rings (SSSR count). The zero-order chi connectivity index (χ0) is 16.2. The molecule has 6 heteroatoms. The highest BCUT2D eigenvalue weighted by Crippen LogP contribution is 2.35. The van der Waals surface area contributed by atoms with E-state index in [0.717, 1.165) is 11.0 Å². The Bertz CT molecular complexity index is 643. The molecule has 22 heavy (non-hydrogen) atoms. The van der Waals surface area contributed by atoms with Crippen molar-refractivity contribution >= 4 is 23.4 Å². The van der Waals surface area contributed by atoms with Gasteiger partial charge in [-0.3, -0.25) is 4.79 Å². The van der Waals surface area contributed by atoms with E-state index in [1.807, 2.05) is 30.3 Å². The van der Waals surface area contributed by atoms with Crippen molar-refractivity contribution in [3.05, 3.63) is 60.2 Å². The predicted octanol–water partition coefficient (Wildman–Crippen LogP) is 4.82. The summed E-state index contributed by atoms with van der Waals surface area (Å²) in [5.74, 6) is -0.467.